The van der Waals surface area contributed by atoms with E-state index in [-0.39, 0.29) is 12.2 Å². The van der Waals surface area contributed by atoms with E-state index in [1.54, 1.807) is 0 Å². The highest BCUT2D eigenvalue weighted by Crippen LogP contribution is 2.23. The number of hydrogen-bond donors (Lipinski definition) is 1. The van der Waals surface area contributed by atoms with Gasteiger partial charge in [0.1, 0.15) is 0 Å². The summed E-state index contributed by atoms with van der Waals surface area (Å²) in [6, 6.07) is 0.0364. The van der Waals surface area contributed by atoms with Crippen molar-refractivity contribution in [3.63, 3.8) is 0 Å². The number of carbonyl (C=O) groups excluding carboxylic acids is 1. The molecule has 0 spiro atoms. The molecular formula is C15H30N2O. The standard InChI is InChI=1S/C15H30N2O/c1-6-11(5)14-15(18)17(13(9-4)16-14)10-12(7-2)8-3/h11-14,16H,6-10H2,1-5H3. The van der Waals surface area contributed by atoms with Crippen LogP contribution in [0.2, 0.25) is 0 Å². The zero-order valence-electron chi connectivity index (χ0n) is 12.7. The molecule has 0 aromatic carbocycles. The Hall–Kier alpha value is -0.570. The van der Waals surface area contributed by atoms with Crippen molar-refractivity contribution in [2.75, 3.05) is 6.54 Å². The van der Waals surface area contributed by atoms with Crippen molar-refractivity contribution >= 4 is 5.91 Å². The lowest BCUT2D eigenvalue weighted by molar-refractivity contribution is -0.131. The Balaban J connectivity index is 2.73. The molecule has 1 fully saturated rings. The van der Waals surface area contributed by atoms with Gasteiger partial charge in [-0.1, -0.05) is 53.9 Å². The third-order valence-electron chi connectivity index (χ3n) is 4.51. The molecule has 1 aliphatic heterocycles. The number of nitrogens with one attached hydrogen (secondary N) is 1. The fraction of sp³-hybridized carbons (Fsp3) is 0.933. The molecule has 3 heteroatoms. The maximum absolute atomic E-state index is 12.5. The van der Waals surface area contributed by atoms with E-state index in [1.165, 1.54) is 0 Å². The molecule has 0 aromatic heterocycles. The first-order valence-electron chi connectivity index (χ1n) is 7.65. The molecule has 1 saturated heterocycles. The summed E-state index contributed by atoms with van der Waals surface area (Å²) in [5.74, 6) is 1.39. The average molecular weight is 254 g/mol. The van der Waals surface area contributed by atoms with Gasteiger partial charge < -0.3 is 4.90 Å². The minimum atomic E-state index is 0.0364. The van der Waals surface area contributed by atoms with Crippen LogP contribution in [0.5, 0.6) is 0 Å². The smallest absolute Gasteiger partial charge is 0.241 e. The molecule has 3 unspecified atom stereocenters. The molecule has 0 radical (unpaired) electrons. The van der Waals surface area contributed by atoms with E-state index in [9.17, 15) is 4.79 Å². The molecule has 1 amide bonds. The van der Waals surface area contributed by atoms with Gasteiger partial charge in [-0.3, -0.25) is 10.1 Å². The van der Waals surface area contributed by atoms with Crippen LogP contribution in [0.3, 0.4) is 0 Å². The van der Waals surface area contributed by atoms with E-state index in [4.69, 9.17) is 0 Å². The molecule has 1 aliphatic rings. The van der Waals surface area contributed by atoms with Crippen molar-refractivity contribution in [2.24, 2.45) is 11.8 Å². The highest BCUT2D eigenvalue weighted by atomic mass is 16.2. The van der Waals surface area contributed by atoms with E-state index < -0.39 is 0 Å². The molecular weight excluding hydrogens is 224 g/mol. The molecule has 18 heavy (non-hydrogen) atoms. The summed E-state index contributed by atoms with van der Waals surface area (Å²) in [5.41, 5.74) is 0. The Morgan fingerprint density at radius 3 is 2.22 bits per heavy atom. The zero-order valence-corrected chi connectivity index (χ0v) is 12.7. The molecule has 0 aliphatic carbocycles. The topological polar surface area (TPSA) is 32.3 Å². The normalized spacial score (nSPS) is 26.1. The summed E-state index contributed by atoms with van der Waals surface area (Å²) in [5, 5.41) is 3.52. The van der Waals surface area contributed by atoms with Crippen LogP contribution in [0.1, 0.15) is 60.3 Å². The van der Waals surface area contributed by atoms with Crippen molar-refractivity contribution < 1.29 is 4.79 Å². The zero-order chi connectivity index (χ0) is 13.7. The molecule has 106 valence electrons. The number of hydrogen-bond acceptors (Lipinski definition) is 2. The van der Waals surface area contributed by atoms with Crippen LogP contribution >= 0.6 is 0 Å². The van der Waals surface area contributed by atoms with E-state index >= 15 is 0 Å². The Morgan fingerprint density at radius 2 is 1.78 bits per heavy atom. The van der Waals surface area contributed by atoms with Crippen LogP contribution in [0.4, 0.5) is 0 Å². The number of rotatable bonds is 7. The summed E-state index contributed by atoms with van der Waals surface area (Å²) in [7, 11) is 0. The van der Waals surface area contributed by atoms with Crippen LogP contribution in [0.15, 0.2) is 0 Å². The first-order valence-corrected chi connectivity index (χ1v) is 7.65. The number of amides is 1. The van der Waals surface area contributed by atoms with Gasteiger partial charge in [0.25, 0.3) is 0 Å². The number of carbonyl (C=O) groups is 1. The summed E-state index contributed by atoms with van der Waals surface area (Å²) in [6.45, 7) is 11.8. The SMILES string of the molecule is CCC(CC)CN1C(=O)C(C(C)CC)NC1CC. The molecule has 3 nitrogen and oxygen atoms in total. The van der Waals surface area contributed by atoms with E-state index in [1.807, 2.05) is 0 Å². The minimum absolute atomic E-state index is 0.0364. The van der Waals surface area contributed by atoms with Gasteiger partial charge in [0, 0.05) is 6.54 Å². The third-order valence-corrected chi connectivity index (χ3v) is 4.51. The number of nitrogens with zero attached hydrogens (tertiary/aromatic N) is 1. The van der Waals surface area contributed by atoms with Crippen LogP contribution in [0.25, 0.3) is 0 Å². The first kappa shape index (κ1) is 15.5. The van der Waals surface area contributed by atoms with E-state index in [0.29, 0.717) is 17.7 Å². The maximum atomic E-state index is 12.5. The van der Waals surface area contributed by atoms with Crippen LogP contribution < -0.4 is 5.32 Å². The minimum Gasteiger partial charge on any atom is -0.326 e. The molecule has 0 aromatic rings. The van der Waals surface area contributed by atoms with Crippen LogP contribution in [-0.4, -0.2) is 29.6 Å². The van der Waals surface area contributed by atoms with Crippen molar-refractivity contribution in [1.82, 2.24) is 10.2 Å². The van der Waals surface area contributed by atoms with Gasteiger partial charge in [-0.2, -0.15) is 0 Å². The largest absolute Gasteiger partial charge is 0.326 e. The highest BCUT2D eigenvalue weighted by Gasteiger charge is 2.40. The second-order valence-electron chi connectivity index (χ2n) is 5.63. The van der Waals surface area contributed by atoms with Gasteiger partial charge in [0.05, 0.1) is 12.2 Å². The fourth-order valence-corrected chi connectivity index (χ4v) is 2.72. The molecule has 1 N–H and O–H groups in total. The van der Waals surface area contributed by atoms with E-state index in [2.05, 4.69) is 44.8 Å². The molecule has 0 bridgehead atoms. The second-order valence-corrected chi connectivity index (χ2v) is 5.63. The van der Waals surface area contributed by atoms with Crippen molar-refractivity contribution in [3.8, 4) is 0 Å². The summed E-state index contributed by atoms with van der Waals surface area (Å²) >= 11 is 0. The van der Waals surface area contributed by atoms with E-state index in [0.717, 1.165) is 32.2 Å². The first-order chi connectivity index (χ1) is 8.58. The lowest BCUT2D eigenvalue weighted by atomic mass is 9.98. The average Bonchev–Trinajstić information content (AvgIpc) is 2.71. The van der Waals surface area contributed by atoms with Gasteiger partial charge in [0.2, 0.25) is 5.91 Å². The van der Waals surface area contributed by atoms with Gasteiger partial charge >= 0.3 is 0 Å². The Morgan fingerprint density at radius 1 is 1.17 bits per heavy atom. The lowest BCUT2D eigenvalue weighted by Crippen LogP contribution is -2.39. The molecule has 0 saturated carbocycles. The summed E-state index contributed by atoms with van der Waals surface area (Å²) in [6.07, 6.45) is 4.62. The summed E-state index contributed by atoms with van der Waals surface area (Å²) < 4.78 is 0. The Labute approximate surface area is 112 Å². The second kappa shape index (κ2) is 7.13. The van der Waals surface area contributed by atoms with Crippen molar-refractivity contribution in [2.45, 2.75) is 72.5 Å². The quantitative estimate of drug-likeness (QED) is 0.757. The molecule has 3 atom stereocenters. The monoisotopic (exact) mass is 254 g/mol. The van der Waals surface area contributed by atoms with Crippen molar-refractivity contribution in [3.05, 3.63) is 0 Å². The Bertz CT molecular complexity index is 263. The highest BCUT2D eigenvalue weighted by molar-refractivity contribution is 5.84. The molecule has 1 heterocycles. The lowest BCUT2D eigenvalue weighted by Gasteiger charge is -2.27. The predicted molar refractivity (Wildman–Crippen MR) is 76.2 cm³/mol. The van der Waals surface area contributed by atoms with Crippen LogP contribution in [0, 0.1) is 11.8 Å². The fourth-order valence-electron chi connectivity index (χ4n) is 2.72. The van der Waals surface area contributed by atoms with Crippen molar-refractivity contribution in [1.29, 1.82) is 0 Å². The third kappa shape index (κ3) is 3.25. The van der Waals surface area contributed by atoms with Gasteiger partial charge in [-0.05, 0) is 18.3 Å². The predicted octanol–water partition coefficient (Wildman–Crippen LogP) is 3.01. The summed E-state index contributed by atoms with van der Waals surface area (Å²) in [4.78, 5) is 14.6. The van der Waals surface area contributed by atoms with Crippen LogP contribution in [-0.2, 0) is 4.79 Å². The maximum Gasteiger partial charge on any atom is 0.241 e. The van der Waals surface area contributed by atoms with Gasteiger partial charge in [-0.25, -0.2) is 0 Å². The van der Waals surface area contributed by atoms with Gasteiger partial charge in [-0.15, -0.1) is 0 Å². The Kier molecular flexibility index (Phi) is 6.13. The van der Waals surface area contributed by atoms with Gasteiger partial charge in [0.15, 0.2) is 0 Å². The molecule has 1 rings (SSSR count).